The molecule has 0 aromatic rings. The van der Waals surface area contributed by atoms with Gasteiger partial charge in [-0.2, -0.15) is 0 Å². The molecule has 0 saturated carbocycles. The first-order valence-electron chi connectivity index (χ1n) is 5.47. The Hall–Kier alpha value is -1.48. The lowest BCUT2D eigenvalue weighted by molar-refractivity contribution is -0.00946. The second kappa shape index (κ2) is 6.90. The van der Waals surface area contributed by atoms with Crippen LogP contribution < -0.4 is 5.73 Å². The SMILES string of the molecule is C=C/C=C1/OC(CCN)CO/C1=C/C=C\C. The lowest BCUT2D eigenvalue weighted by Gasteiger charge is -2.28. The zero-order valence-electron chi connectivity index (χ0n) is 9.69. The normalized spacial score (nSPS) is 25.8. The average molecular weight is 221 g/mol. The molecule has 0 aromatic heterocycles. The summed E-state index contributed by atoms with van der Waals surface area (Å²) in [4.78, 5) is 0. The molecule has 3 heteroatoms. The fourth-order valence-corrected chi connectivity index (χ4v) is 1.40. The minimum absolute atomic E-state index is 0.0407. The minimum atomic E-state index is 0.0407. The predicted octanol–water partition coefficient (Wildman–Crippen LogP) is 2.28. The largest absolute Gasteiger partial charge is 0.486 e. The Labute approximate surface area is 96.9 Å². The zero-order valence-corrected chi connectivity index (χ0v) is 9.69. The molecular formula is C13H19NO2. The van der Waals surface area contributed by atoms with E-state index in [1.165, 1.54) is 0 Å². The maximum Gasteiger partial charge on any atom is 0.161 e. The maximum atomic E-state index is 5.76. The van der Waals surface area contributed by atoms with Crippen molar-refractivity contribution < 1.29 is 9.47 Å². The molecule has 88 valence electrons. The van der Waals surface area contributed by atoms with Gasteiger partial charge in [-0.3, -0.25) is 0 Å². The summed E-state index contributed by atoms with van der Waals surface area (Å²) >= 11 is 0. The number of hydrogen-bond acceptors (Lipinski definition) is 3. The van der Waals surface area contributed by atoms with Crippen molar-refractivity contribution in [1.82, 2.24) is 0 Å². The van der Waals surface area contributed by atoms with Gasteiger partial charge in [-0.05, 0) is 32.0 Å². The Morgan fingerprint density at radius 3 is 2.88 bits per heavy atom. The van der Waals surface area contributed by atoms with Gasteiger partial charge in [-0.15, -0.1) is 0 Å². The average Bonchev–Trinajstić information content (AvgIpc) is 2.29. The van der Waals surface area contributed by atoms with E-state index in [1.807, 2.05) is 25.2 Å². The third-order valence-electron chi connectivity index (χ3n) is 2.16. The van der Waals surface area contributed by atoms with Crippen LogP contribution in [0, 0.1) is 0 Å². The molecule has 0 amide bonds. The standard InChI is InChI=1S/C13H19NO2/c1-3-5-7-12-13(6-4-2)16-11(8-9-14)10-15-12/h3-7,11H,2,8-10,14H2,1H3/b5-3-,12-7+,13-6+. The quantitative estimate of drug-likeness (QED) is 0.792. The van der Waals surface area contributed by atoms with Crippen LogP contribution in [0.25, 0.3) is 0 Å². The minimum Gasteiger partial charge on any atom is -0.486 e. The molecule has 1 rings (SSSR count). The molecule has 2 N–H and O–H groups in total. The zero-order chi connectivity index (χ0) is 11.8. The smallest absolute Gasteiger partial charge is 0.161 e. The number of hydrogen-bond donors (Lipinski definition) is 1. The van der Waals surface area contributed by atoms with Crippen LogP contribution in [0.4, 0.5) is 0 Å². The third-order valence-corrected chi connectivity index (χ3v) is 2.16. The molecule has 0 aliphatic carbocycles. The molecule has 1 atom stereocenters. The van der Waals surface area contributed by atoms with E-state index < -0.39 is 0 Å². The van der Waals surface area contributed by atoms with E-state index in [0.717, 1.165) is 17.9 Å². The Kier molecular flexibility index (Phi) is 5.43. The van der Waals surface area contributed by atoms with Crippen LogP contribution in [0.15, 0.2) is 48.5 Å². The van der Waals surface area contributed by atoms with E-state index in [9.17, 15) is 0 Å². The Morgan fingerprint density at radius 2 is 2.25 bits per heavy atom. The van der Waals surface area contributed by atoms with Crippen molar-refractivity contribution in [3.05, 3.63) is 48.5 Å². The van der Waals surface area contributed by atoms with Crippen LogP contribution >= 0.6 is 0 Å². The van der Waals surface area contributed by atoms with Crippen molar-refractivity contribution in [2.75, 3.05) is 13.2 Å². The van der Waals surface area contributed by atoms with Crippen LogP contribution in [0.1, 0.15) is 13.3 Å². The van der Waals surface area contributed by atoms with Gasteiger partial charge < -0.3 is 15.2 Å². The van der Waals surface area contributed by atoms with Gasteiger partial charge in [0.15, 0.2) is 11.5 Å². The Morgan fingerprint density at radius 1 is 1.44 bits per heavy atom. The summed E-state index contributed by atoms with van der Waals surface area (Å²) in [7, 11) is 0. The van der Waals surface area contributed by atoms with E-state index in [0.29, 0.717) is 13.2 Å². The van der Waals surface area contributed by atoms with Crippen LogP contribution in [0.3, 0.4) is 0 Å². The highest BCUT2D eigenvalue weighted by atomic mass is 16.6. The molecule has 1 fully saturated rings. The lowest BCUT2D eigenvalue weighted by atomic mass is 10.2. The monoisotopic (exact) mass is 221 g/mol. The van der Waals surface area contributed by atoms with Crippen LogP contribution in [0.2, 0.25) is 0 Å². The molecular weight excluding hydrogens is 202 g/mol. The first-order valence-corrected chi connectivity index (χ1v) is 5.47. The molecule has 1 aliphatic heterocycles. The highest BCUT2D eigenvalue weighted by Gasteiger charge is 2.21. The second-order valence-electron chi connectivity index (χ2n) is 3.45. The fraction of sp³-hybridized carbons (Fsp3) is 0.385. The molecule has 1 aliphatic rings. The van der Waals surface area contributed by atoms with E-state index in [-0.39, 0.29) is 6.10 Å². The molecule has 1 saturated heterocycles. The van der Waals surface area contributed by atoms with Gasteiger partial charge in [-0.1, -0.05) is 24.8 Å². The van der Waals surface area contributed by atoms with Gasteiger partial charge in [0, 0.05) is 0 Å². The van der Waals surface area contributed by atoms with Gasteiger partial charge in [0.2, 0.25) is 0 Å². The summed E-state index contributed by atoms with van der Waals surface area (Å²) in [5, 5.41) is 0. The van der Waals surface area contributed by atoms with E-state index in [1.54, 1.807) is 12.2 Å². The highest BCUT2D eigenvalue weighted by molar-refractivity contribution is 5.28. The van der Waals surface area contributed by atoms with Crippen molar-refractivity contribution in [2.45, 2.75) is 19.4 Å². The number of ether oxygens (including phenoxy) is 2. The lowest BCUT2D eigenvalue weighted by Crippen LogP contribution is -2.28. The van der Waals surface area contributed by atoms with E-state index in [2.05, 4.69) is 6.58 Å². The summed E-state index contributed by atoms with van der Waals surface area (Å²) < 4.78 is 11.4. The van der Waals surface area contributed by atoms with Gasteiger partial charge in [0.05, 0.1) is 0 Å². The van der Waals surface area contributed by atoms with E-state index >= 15 is 0 Å². The van der Waals surface area contributed by atoms with Gasteiger partial charge in [0.1, 0.15) is 12.7 Å². The number of allylic oxidation sites excluding steroid dienone is 5. The van der Waals surface area contributed by atoms with Gasteiger partial charge in [0.25, 0.3) is 0 Å². The molecule has 0 bridgehead atoms. The maximum absolute atomic E-state index is 5.76. The van der Waals surface area contributed by atoms with Crippen molar-refractivity contribution in [3.8, 4) is 0 Å². The summed E-state index contributed by atoms with van der Waals surface area (Å²) in [5.74, 6) is 1.46. The summed E-state index contributed by atoms with van der Waals surface area (Å²) in [6.45, 7) is 6.76. The topological polar surface area (TPSA) is 44.5 Å². The van der Waals surface area contributed by atoms with Gasteiger partial charge in [-0.25, -0.2) is 0 Å². The fourth-order valence-electron chi connectivity index (χ4n) is 1.40. The van der Waals surface area contributed by atoms with Gasteiger partial charge >= 0.3 is 0 Å². The third kappa shape index (κ3) is 3.59. The molecule has 0 radical (unpaired) electrons. The Balaban J connectivity index is 2.75. The summed E-state index contributed by atoms with van der Waals surface area (Å²) in [6.07, 6.45) is 10.1. The Bertz CT molecular complexity index is 316. The van der Waals surface area contributed by atoms with Crippen LogP contribution in [0.5, 0.6) is 0 Å². The summed E-state index contributed by atoms with van der Waals surface area (Å²) in [6, 6.07) is 0. The molecule has 1 unspecified atom stereocenters. The highest BCUT2D eigenvalue weighted by Crippen LogP contribution is 2.23. The van der Waals surface area contributed by atoms with Crippen molar-refractivity contribution in [2.24, 2.45) is 5.73 Å². The first-order chi connectivity index (χ1) is 7.81. The van der Waals surface area contributed by atoms with Crippen molar-refractivity contribution in [1.29, 1.82) is 0 Å². The molecule has 0 spiro atoms. The molecule has 0 aromatic carbocycles. The van der Waals surface area contributed by atoms with Crippen molar-refractivity contribution >= 4 is 0 Å². The number of rotatable bonds is 4. The molecule has 16 heavy (non-hydrogen) atoms. The van der Waals surface area contributed by atoms with E-state index in [4.69, 9.17) is 15.2 Å². The second-order valence-corrected chi connectivity index (χ2v) is 3.45. The predicted molar refractivity (Wildman–Crippen MR) is 65.7 cm³/mol. The number of nitrogens with two attached hydrogens (primary N) is 1. The van der Waals surface area contributed by atoms with Crippen molar-refractivity contribution in [3.63, 3.8) is 0 Å². The van der Waals surface area contributed by atoms with Crippen LogP contribution in [-0.2, 0) is 9.47 Å². The molecule has 1 heterocycles. The first kappa shape index (κ1) is 12.6. The summed E-state index contributed by atoms with van der Waals surface area (Å²) in [5.41, 5.74) is 5.49. The molecule has 3 nitrogen and oxygen atoms in total. The van der Waals surface area contributed by atoms with Crippen LogP contribution in [-0.4, -0.2) is 19.3 Å².